The average molecular weight is 543 g/mol. The molecule has 4 aromatic carbocycles. The monoisotopic (exact) mass is 542 g/mol. The number of rotatable bonds is 8. The first kappa shape index (κ1) is 26.1. The summed E-state index contributed by atoms with van der Waals surface area (Å²) in [6, 6.07) is 28.2. The Balaban J connectivity index is 1.18. The smallest absolute Gasteiger partial charge is 0.143 e. The third-order valence-corrected chi connectivity index (χ3v) is 10.2. The normalized spacial score (nSPS) is 24.9. The summed E-state index contributed by atoms with van der Waals surface area (Å²) in [6.45, 7) is 0. The van der Waals surface area contributed by atoms with E-state index in [-0.39, 0.29) is 0 Å². The molecule has 0 radical (unpaired) electrons. The highest BCUT2D eigenvalue weighted by molar-refractivity contribution is 5.89. The Kier molecular flexibility index (Phi) is 6.69. The predicted molar refractivity (Wildman–Crippen MR) is 167 cm³/mol. The molecular weight excluding hydrogens is 504 g/mol. The first-order chi connectivity index (χ1) is 20.1. The zero-order valence-corrected chi connectivity index (χ0v) is 24.1. The SMILES string of the molecule is COc1ccc(/C(=C/C=O)Cc2ccc3cc(-c4ccc(OC)c(C56CC7CC(CC(C7)C5)C6)c4)ccc3c2)cc1. The summed E-state index contributed by atoms with van der Waals surface area (Å²) in [7, 11) is 3.49. The number of carbonyl (C=O) groups is 1. The quantitative estimate of drug-likeness (QED) is 0.165. The Morgan fingerprint density at radius 1 is 0.756 bits per heavy atom. The van der Waals surface area contributed by atoms with Crippen LogP contribution in [-0.4, -0.2) is 20.5 Å². The molecule has 4 aliphatic carbocycles. The summed E-state index contributed by atoms with van der Waals surface area (Å²) in [6.07, 6.45) is 11.6. The van der Waals surface area contributed by atoms with Crippen molar-refractivity contribution in [3.05, 3.63) is 102 Å². The van der Waals surface area contributed by atoms with E-state index in [1.165, 1.54) is 71.6 Å². The van der Waals surface area contributed by atoms with Gasteiger partial charge in [-0.1, -0.05) is 48.5 Å². The van der Waals surface area contributed by atoms with Crippen molar-refractivity contribution in [1.29, 1.82) is 0 Å². The third kappa shape index (κ3) is 4.86. The van der Waals surface area contributed by atoms with Crippen molar-refractivity contribution in [2.75, 3.05) is 14.2 Å². The molecule has 0 N–H and O–H groups in total. The van der Waals surface area contributed by atoms with Crippen molar-refractivity contribution in [3.8, 4) is 22.6 Å². The minimum absolute atomic E-state index is 0.290. The second-order valence-electron chi connectivity index (χ2n) is 12.7. The molecule has 8 rings (SSSR count). The molecule has 4 aromatic rings. The maximum absolute atomic E-state index is 11.4. The van der Waals surface area contributed by atoms with Crippen molar-refractivity contribution < 1.29 is 14.3 Å². The molecule has 4 fully saturated rings. The van der Waals surface area contributed by atoms with Crippen molar-refractivity contribution in [2.24, 2.45) is 17.8 Å². The highest BCUT2D eigenvalue weighted by Gasteiger charge is 2.52. The first-order valence-corrected chi connectivity index (χ1v) is 15.1. The van der Waals surface area contributed by atoms with Gasteiger partial charge in [0.1, 0.15) is 17.8 Å². The molecule has 0 atom stereocenters. The molecule has 41 heavy (non-hydrogen) atoms. The fourth-order valence-electron chi connectivity index (χ4n) is 8.69. The number of allylic oxidation sites excluding steroid dienone is 2. The fraction of sp³-hybridized carbons (Fsp3) is 0.342. The summed E-state index contributed by atoms with van der Waals surface area (Å²) in [4.78, 5) is 11.4. The zero-order valence-electron chi connectivity index (χ0n) is 24.1. The predicted octanol–water partition coefficient (Wildman–Crippen LogP) is 8.82. The molecule has 0 aromatic heterocycles. The topological polar surface area (TPSA) is 35.5 Å². The maximum Gasteiger partial charge on any atom is 0.143 e. The van der Waals surface area contributed by atoms with E-state index >= 15 is 0 Å². The van der Waals surface area contributed by atoms with Gasteiger partial charge in [-0.15, -0.1) is 0 Å². The number of hydrogen-bond acceptors (Lipinski definition) is 3. The molecule has 0 heterocycles. The second kappa shape index (κ2) is 10.5. The van der Waals surface area contributed by atoms with Crippen LogP contribution in [0.4, 0.5) is 0 Å². The standard InChI is InChI=1S/C38H38O3/c1-40-35-10-7-29(8-11-35)34(13-14-39)19-25-3-4-31-20-32(6-5-30(31)18-25)33-9-12-37(41-2)36(21-33)38-22-26-15-27(23-38)17-28(16-26)24-38/h3-14,18,20-21,26-28H,15-17,19,22-24H2,1-2H3/b34-13+. The van der Waals surface area contributed by atoms with Crippen molar-refractivity contribution in [1.82, 2.24) is 0 Å². The number of fused-ring (bicyclic) bond motifs is 1. The van der Waals surface area contributed by atoms with Crippen LogP contribution in [0.3, 0.4) is 0 Å². The fourth-order valence-corrected chi connectivity index (χ4v) is 8.69. The number of carbonyl (C=O) groups excluding carboxylic acids is 1. The van der Waals surface area contributed by atoms with Gasteiger partial charge in [0.25, 0.3) is 0 Å². The summed E-state index contributed by atoms with van der Waals surface area (Å²) in [5.74, 6) is 4.57. The van der Waals surface area contributed by atoms with E-state index in [0.29, 0.717) is 11.8 Å². The van der Waals surface area contributed by atoms with Gasteiger partial charge in [0.15, 0.2) is 0 Å². The Labute approximate surface area is 243 Å². The van der Waals surface area contributed by atoms with Crippen molar-refractivity contribution in [3.63, 3.8) is 0 Å². The minimum atomic E-state index is 0.290. The number of aldehydes is 1. The Bertz CT molecular complexity index is 1590. The molecule has 3 heteroatoms. The van der Waals surface area contributed by atoms with Gasteiger partial charge in [-0.05, 0) is 143 Å². The van der Waals surface area contributed by atoms with Gasteiger partial charge < -0.3 is 9.47 Å². The lowest BCUT2D eigenvalue weighted by Crippen LogP contribution is -2.48. The first-order valence-electron chi connectivity index (χ1n) is 15.1. The van der Waals surface area contributed by atoms with Crippen molar-refractivity contribution >= 4 is 22.6 Å². The van der Waals surface area contributed by atoms with Gasteiger partial charge in [-0.3, -0.25) is 4.79 Å². The lowest BCUT2D eigenvalue weighted by molar-refractivity contribution is -0.104. The molecule has 0 saturated heterocycles. The third-order valence-electron chi connectivity index (χ3n) is 10.2. The Morgan fingerprint density at radius 2 is 1.39 bits per heavy atom. The summed E-state index contributed by atoms with van der Waals surface area (Å²) in [5.41, 5.74) is 7.47. The molecule has 0 aliphatic heterocycles. The van der Waals surface area contributed by atoms with E-state index in [1.807, 2.05) is 31.4 Å². The highest BCUT2D eigenvalue weighted by atomic mass is 16.5. The highest BCUT2D eigenvalue weighted by Crippen LogP contribution is 2.62. The number of benzene rings is 4. The van der Waals surface area contributed by atoms with Crippen LogP contribution in [0.1, 0.15) is 55.2 Å². The van der Waals surface area contributed by atoms with E-state index in [1.54, 1.807) is 13.2 Å². The molecular formula is C38H38O3. The molecule has 4 bridgehead atoms. The van der Waals surface area contributed by atoms with E-state index in [2.05, 4.69) is 54.6 Å². The molecule has 0 spiro atoms. The number of ether oxygens (including phenoxy) is 2. The Morgan fingerprint density at radius 3 is 2.05 bits per heavy atom. The molecule has 4 saturated carbocycles. The van der Waals surface area contributed by atoms with Crippen LogP contribution in [0.5, 0.6) is 11.5 Å². The van der Waals surface area contributed by atoms with Crippen LogP contribution in [0.25, 0.3) is 27.5 Å². The van der Waals surface area contributed by atoms with E-state index in [9.17, 15) is 4.79 Å². The van der Waals surface area contributed by atoms with Gasteiger partial charge in [0.05, 0.1) is 14.2 Å². The van der Waals surface area contributed by atoms with Gasteiger partial charge in [0, 0.05) is 5.56 Å². The second-order valence-corrected chi connectivity index (χ2v) is 12.7. The lowest BCUT2D eigenvalue weighted by Gasteiger charge is -2.57. The van der Waals surface area contributed by atoms with Crippen LogP contribution >= 0.6 is 0 Å². The van der Waals surface area contributed by atoms with E-state index < -0.39 is 0 Å². The summed E-state index contributed by atoms with van der Waals surface area (Å²) >= 11 is 0. The largest absolute Gasteiger partial charge is 0.497 e. The molecule has 3 nitrogen and oxygen atoms in total. The molecule has 0 amide bonds. The Hall–Kier alpha value is -3.85. The van der Waals surface area contributed by atoms with Gasteiger partial charge in [-0.25, -0.2) is 0 Å². The average Bonchev–Trinajstić information content (AvgIpc) is 2.99. The van der Waals surface area contributed by atoms with Gasteiger partial charge >= 0.3 is 0 Å². The molecule has 0 unspecified atom stereocenters. The maximum atomic E-state index is 11.4. The van der Waals surface area contributed by atoms with E-state index in [4.69, 9.17) is 9.47 Å². The van der Waals surface area contributed by atoms with Crippen LogP contribution in [0.2, 0.25) is 0 Å². The summed E-state index contributed by atoms with van der Waals surface area (Å²) < 4.78 is 11.3. The van der Waals surface area contributed by atoms with Crippen LogP contribution in [-0.2, 0) is 16.6 Å². The van der Waals surface area contributed by atoms with Gasteiger partial charge in [-0.2, -0.15) is 0 Å². The van der Waals surface area contributed by atoms with E-state index in [0.717, 1.165) is 46.7 Å². The zero-order chi connectivity index (χ0) is 28.0. The number of methoxy groups -OCH3 is 2. The number of hydrogen-bond donors (Lipinski definition) is 0. The van der Waals surface area contributed by atoms with Crippen LogP contribution in [0, 0.1) is 17.8 Å². The molecule has 4 aliphatic rings. The van der Waals surface area contributed by atoms with Crippen molar-refractivity contribution in [2.45, 2.75) is 50.4 Å². The van der Waals surface area contributed by atoms with Crippen LogP contribution in [0.15, 0.2) is 84.9 Å². The minimum Gasteiger partial charge on any atom is -0.497 e. The lowest BCUT2D eigenvalue weighted by atomic mass is 9.48. The summed E-state index contributed by atoms with van der Waals surface area (Å²) in [5, 5.41) is 2.44. The van der Waals surface area contributed by atoms with Crippen LogP contribution < -0.4 is 9.47 Å². The van der Waals surface area contributed by atoms with Gasteiger partial charge in [0.2, 0.25) is 0 Å². The molecule has 208 valence electrons.